The monoisotopic (exact) mass is 128 g/mol. The smallest absolute Gasteiger partial charge is 0.152 e. The van der Waals surface area contributed by atoms with Crippen LogP contribution < -0.4 is 0 Å². The summed E-state index contributed by atoms with van der Waals surface area (Å²) in [6.45, 7) is 3.27. The number of allylic oxidation sites excluding steroid dienone is 2. The summed E-state index contributed by atoms with van der Waals surface area (Å²) in [5, 5.41) is 0. The van der Waals surface area contributed by atoms with Gasteiger partial charge in [0.05, 0.1) is 0 Å². The largest absolute Gasteiger partial charge is 0.295 e. The van der Waals surface area contributed by atoms with Crippen LogP contribution in [0.3, 0.4) is 0 Å². The lowest BCUT2D eigenvalue weighted by Crippen LogP contribution is -1.83. The lowest BCUT2D eigenvalue weighted by molar-refractivity contribution is -0.112. The fourth-order valence-electron chi connectivity index (χ4n) is 0.235. The Labute approximate surface area is 54.4 Å². The van der Waals surface area contributed by atoms with Crippen molar-refractivity contribution >= 4 is 22.9 Å². The molecule has 2 heteroatoms. The summed E-state index contributed by atoms with van der Waals surface area (Å²) in [6.07, 6.45) is 3.08. The van der Waals surface area contributed by atoms with E-state index in [4.69, 9.17) is 0 Å². The van der Waals surface area contributed by atoms with Crippen LogP contribution in [0, 0.1) is 0 Å². The zero-order valence-corrected chi connectivity index (χ0v) is 5.79. The van der Waals surface area contributed by atoms with Crippen LogP contribution >= 0.6 is 12.2 Å². The Morgan fingerprint density at radius 1 is 1.38 bits per heavy atom. The second-order valence-corrected chi connectivity index (χ2v) is 2.20. The van der Waals surface area contributed by atoms with Gasteiger partial charge in [-0.15, -0.1) is 0 Å². The predicted molar refractivity (Wildman–Crippen MR) is 38.1 cm³/mol. The minimum absolute atomic E-state index is 0.0363. The van der Waals surface area contributed by atoms with Crippen LogP contribution in [0.1, 0.15) is 13.8 Å². The van der Waals surface area contributed by atoms with Crippen molar-refractivity contribution in [1.29, 1.82) is 0 Å². The van der Waals surface area contributed by atoms with Gasteiger partial charge in [-0.1, -0.05) is 12.2 Å². The second-order valence-electron chi connectivity index (χ2n) is 1.55. The van der Waals surface area contributed by atoms with Gasteiger partial charge in [-0.2, -0.15) is 0 Å². The molecule has 8 heavy (non-hydrogen) atoms. The van der Waals surface area contributed by atoms with Crippen molar-refractivity contribution in [3.8, 4) is 0 Å². The molecule has 0 aromatic heterocycles. The third-order valence-electron chi connectivity index (χ3n) is 0.553. The molecule has 0 N–H and O–H groups in total. The minimum atomic E-state index is 0.0363. The SMILES string of the molecule is CC(=O)/C=C\C(C)=S. The Morgan fingerprint density at radius 2 is 1.88 bits per heavy atom. The van der Waals surface area contributed by atoms with Crippen molar-refractivity contribution in [3.63, 3.8) is 0 Å². The quantitative estimate of drug-likeness (QED) is 0.414. The van der Waals surface area contributed by atoms with E-state index in [1.54, 1.807) is 13.0 Å². The highest BCUT2D eigenvalue weighted by Gasteiger charge is 1.80. The van der Waals surface area contributed by atoms with Crippen molar-refractivity contribution in [2.75, 3.05) is 0 Å². The number of carbonyl (C=O) groups is 1. The number of hydrogen-bond donors (Lipinski definition) is 0. The zero-order chi connectivity index (χ0) is 6.57. The average molecular weight is 128 g/mol. The van der Waals surface area contributed by atoms with E-state index in [9.17, 15) is 4.79 Å². The predicted octanol–water partition coefficient (Wildman–Crippen LogP) is 1.52. The Morgan fingerprint density at radius 3 is 2.00 bits per heavy atom. The van der Waals surface area contributed by atoms with Gasteiger partial charge in [0.2, 0.25) is 0 Å². The van der Waals surface area contributed by atoms with E-state index in [2.05, 4.69) is 12.2 Å². The van der Waals surface area contributed by atoms with E-state index in [1.165, 1.54) is 13.0 Å². The Kier molecular flexibility index (Phi) is 3.28. The highest BCUT2D eigenvalue weighted by atomic mass is 32.1. The third-order valence-corrected chi connectivity index (χ3v) is 0.689. The molecule has 0 atom stereocenters. The maximum atomic E-state index is 10.2. The van der Waals surface area contributed by atoms with Gasteiger partial charge in [0, 0.05) is 4.86 Å². The molecule has 0 saturated heterocycles. The number of carbonyl (C=O) groups excluding carboxylic acids is 1. The number of rotatable bonds is 2. The fourth-order valence-corrected chi connectivity index (χ4v) is 0.303. The first-order valence-corrected chi connectivity index (χ1v) is 2.73. The lowest BCUT2D eigenvalue weighted by Gasteiger charge is -1.77. The molecule has 44 valence electrons. The van der Waals surface area contributed by atoms with Crippen LogP contribution in [0.15, 0.2) is 12.2 Å². The maximum Gasteiger partial charge on any atom is 0.152 e. The summed E-state index contributed by atoms with van der Waals surface area (Å²) in [7, 11) is 0. The Bertz CT molecular complexity index is 119. The maximum absolute atomic E-state index is 10.2. The van der Waals surface area contributed by atoms with Crippen molar-refractivity contribution in [3.05, 3.63) is 12.2 Å². The molecule has 0 unspecified atom stereocenters. The molecule has 0 aliphatic carbocycles. The van der Waals surface area contributed by atoms with Crippen molar-refractivity contribution in [2.45, 2.75) is 13.8 Å². The van der Waals surface area contributed by atoms with E-state index in [-0.39, 0.29) is 5.78 Å². The normalized spacial score (nSPS) is 9.75. The fraction of sp³-hybridized carbons (Fsp3) is 0.333. The Balaban J connectivity index is 3.67. The second kappa shape index (κ2) is 3.50. The molecular weight excluding hydrogens is 120 g/mol. The van der Waals surface area contributed by atoms with E-state index in [0.29, 0.717) is 0 Å². The molecule has 0 fully saturated rings. The van der Waals surface area contributed by atoms with Crippen LogP contribution in [0.25, 0.3) is 0 Å². The van der Waals surface area contributed by atoms with Gasteiger partial charge < -0.3 is 0 Å². The van der Waals surface area contributed by atoms with Crippen LogP contribution in [-0.4, -0.2) is 10.6 Å². The first-order chi connectivity index (χ1) is 3.63. The van der Waals surface area contributed by atoms with Gasteiger partial charge in [-0.3, -0.25) is 4.79 Å². The van der Waals surface area contributed by atoms with Crippen LogP contribution in [0.4, 0.5) is 0 Å². The van der Waals surface area contributed by atoms with Gasteiger partial charge in [0.15, 0.2) is 5.78 Å². The van der Waals surface area contributed by atoms with Crippen LogP contribution in [0.2, 0.25) is 0 Å². The van der Waals surface area contributed by atoms with Crippen molar-refractivity contribution in [1.82, 2.24) is 0 Å². The van der Waals surface area contributed by atoms with Gasteiger partial charge >= 0.3 is 0 Å². The molecule has 0 rings (SSSR count). The summed E-state index contributed by atoms with van der Waals surface area (Å²) in [4.78, 5) is 10.9. The molecule has 1 nitrogen and oxygen atoms in total. The highest BCUT2D eigenvalue weighted by molar-refractivity contribution is 7.80. The van der Waals surface area contributed by atoms with Crippen molar-refractivity contribution < 1.29 is 4.79 Å². The molecule has 0 radical (unpaired) electrons. The van der Waals surface area contributed by atoms with E-state index in [1.807, 2.05) is 0 Å². The first-order valence-electron chi connectivity index (χ1n) is 2.32. The van der Waals surface area contributed by atoms with Crippen LogP contribution in [0.5, 0.6) is 0 Å². The molecule has 0 bridgehead atoms. The van der Waals surface area contributed by atoms with Gasteiger partial charge in [0.25, 0.3) is 0 Å². The van der Waals surface area contributed by atoms with E-state index in [0.717, 1.165) is 4.86 Å². The van der Waals surface area contributed by atoms with Gasteiger partial charge in [-0.25, -0.2) is 0 Å². The molecule has 0 aromatic rings. The summed E-state index contributed by atoms with van der Waals surface area (Å²) in [6, 6.07) is 0. The molecule has 0 amide bonds. The Hall–Kier alpha value is -0.500. The molecule has 0 spiro atoms. The van der Waals surface area contributed by atoms with E-state index < -0.39 is 0 Å². The number of hydrogen-bond acceptors (Lipinski definition) is 2. The lowest BCUT2D eigenvalue weighted by atomic mass is 10.3. The number of ketones is 1. The molecule has 0 aliphatic heterocycles. The molecular formula is C6H8OS. The summed E-state index contributed by atoms with van der Waals surface area (Å²) in [5.74, 6) is 0.0363. The molecule has 0 saturated carbocycles. The third kappa shape index (κ3) is 5.50. The zero-order valence-electron chi connectivity index (χ0n) is 4.97. The first kappa shape index (κ1) is 7.50. The summed E-state index contributed by atoms with van der Waals surface area (Å²) < 4.78 is 0. The van der Waals surface area contributed by atoms with Gasteiger partial charge in [-0.05, 0) is 26.0 Å². The van der Waals surface area contributed by atoms with Gasteiger partial charge in [0.1, 0.15) is 0 Å². The topological polar surface area (TPSA) is 17.1 Å². The average Bonchev–Trinajstić information content (AvgIpc) is 1.61. The van der Waals surface area contributed by atoms with Crippen LogP contribution in [-0.2, 0) is 4.79 Å². The number of thiocarbonyl (C=S) groups is 1. The highest BCUT2D eigenvalue weighted by Crippen LogP contribution is 1.79. The summed E-state index contributed by atoms with van der Waals surface area (Å²) >= 11 is 4.67. The minimum Gasteiger partial charge on any atom is -0.295 e. The van der Waals surface area contributed by atoms with E-state index >= 15 is 0 Å². The molecule has 0 aliphatic rings. The standard InChI is InChI=1S/C6H8OS/c1-5(7)3-4-6(2)8/h3-4H,1-2H3/b4-3-. The summed E-state index contributed by atoms with van der Waals surface area (Å²) in [5.41, 5.74) is 0. The molecule has 0 aromatic carbocycles. The van der Waals surface area contributed by atoms with Crippen molar-refractivity contribution in [2.24, 2.45) is 0 Å². The molecule has 0 heterocycles.